The molecule has 0 nitrogen and oxygen atoms in total. The van der Waals surface area contributed by atoms with E-state index in [0.717, 1.165) is 6.42 Å². The van der Waals surface area contributed by atoms with Crippen molar-refractivity contribution >= 4 is 0 Å². The first-order valence-corrected chi connectivity index (χ1v) is 6.97. The zero-order chi connectivity index (χ0) is 12.5. The van der Waals surface area contributed by atoms with Crippen LogP contribution >= 0.6 is 0 Å². The van der Waals surface area contributed by atoms with Crippen LogP contribution in [0.4, 0.5) is 0 Å². The second kappa shape index (κ2) is 4.61. The Morgan fingerprint density at radius 2 is 1.44 bits per heavy atom. The van der Waals surface area contributed by atoms with Crippen molar-refractivity contribution in [3.63, 3.8) is 0 Å². The molecular weight excluding hydrogens is 216 g/mol. The quantitative estimate of drug-likeness (QED) is 0.704. The molecule has 0 N–H and O–H groups in total. The number of rotatable bonds is 2. The van der Waals surface area contributed by atoms with Gasteiger partial charge in [0.2, 0.25) is 0 Å². The third-order valence-corrected chi connectivity index (χ3v) is 4.37. The molecule has 0 aliphatic heterocycles. The third kappa shape index (κ3) is 1.77. The molecule has 0 saturated carbocycles. The van der Waals surface area contributed by atoms with Gasteiger partial charge in [0.15, 0.2) is 0 Å². The molecule has 1 aliphatic rings. The summed E-state index contributed by atoms with van der Waals surface area (Å²) < 4.78 is 0. The first-order valence-electron chi connectivity index (χ1n) is 6.97. The second-order valence-corrected chi connectivity index (χ2v) is 5.44. The number of fused-ring (bicyclic) bond motifs is 2. The smallest absolute Gasteiger partial charge is 0.0121 e. The van der Waals surface area contributed by atoms with Crippen molar-refractivity contribution in [1.82, 2.24) is 0 Å². The van der Waals surface area contributed by atoms with Crippen molar-refractivity contribution in [2.75, 3.05) is 0 Å². The molecule has 1 aliphatic carbocycles. The highest BCUT2D eigenvalue weighted by atomic mass is 14.3. The van der Waals surface area contributed by atoms with E-state index in [2.05, 4.69) is 62.4 Å². The normalized spacial score (nSPS) is 15.9. The van der Waals surface area contributed by atoms with Crippen LogP contribution in [0.1, 0.15) is 48.4 Å². The highest BCUT2D eigenvalue weighted by Crippen LogP contribution is 2.41. The Labute approximate surface area is 110 Å². The van der Waals surface area contributed by atoms with E-state index < -0.39 is 0 Å². The van der Waals surface area contributed by atoms with Crippen molar-refractivity contribution in [3.05, 3.63) is 70.8 Å². The van der Waals surface area contributed by atoms with Crippen molar-refractivity contribution in [3.8, 4) is 0 Å². The van der Waals surface area contributed by atoms with Gasteiger partial charge < -0.3 is 0 Å². The van der Waals surface area contributed by atoms with Gasteiger partial charge in [0, 0.05) is 5.92 Å². The number of benzene rings is 2. The fourth-order valence-electron chi connectivity index (χ4n) is 3.22. The molecule has 0 heterocycles. The molecule has 0 bridgehead atoms. The van der Waals surface area contributed by atoms with E-state index in [1.165, 1.54) is 17.5 Å². The lowest BCUT2D eigenvalue weighted by atomic mass is 9.72. The molecular formula is C18H20. The van der Waals surface area contributed by atoms with Crippen LogP contribution in [-0.4, -0.2) is 0 Å². The minimum Gasteiger partial charge on any atom is -0.0651 e. The molecule has 0 fully saturated rings. The fraction of sp³-hybridized carbons (Fsp3) is 0.333. The minimum atomic E-state index is 0.580. The van der Waals surface area contributed by atoms with Crippen molar-refractivity contribution in [1.29, 1.82) is 0 Å². The van der Waals surface area contributed by atoms with Crippen LogP contribution in [0.3, 0.4) is 0 Å². The summed E-state index contributed by atoms with van der Waals surface area (Å²) in [4.78, 5) is 0. The summed E-state index contributed by atoms with van der Waals surface area (Å²) >= 11 is 0. The Hall–Kier alpha value is -1.56. The van der Waals surface area contributed by atoms with Gasteiger partial charge in [-0.25, -0.2) is 0 Å². The van der Waals surface area contributed by atoms with Crippen molar-refractivity contribution < 1.29 is 0 Å². The van der Waals surface area contributed by atoms with E-state index >= 15 is 0 Å². The third-order valence-electron chi connectivity index (χ3n) is 4.37. The maximum absolute atomic E-state index is 2.38. The summed E-state index contributed by atoms with van der Waals surface area (Å²) in [6, 6.07) is 17.9. The van der Waals surface area contributed by atoms with E-state index in [0.29, 0.717) is 11.8 Å². The summed E-state index contributed by atoms with van der Waals surface area (Å²) in [5, 5.41) is 0. The van der Waals surface area contributed by atoms with E-state index in [9.17, 15) is 0 Å². The summed E-state index contributed by atoms with van der Waals surface area (Å²) in [7, 11) is 0. The summed E-state index contributed by atoms with van der Waals surface area (Å²) in [6.07, 6.45) is 2.33. The molecule has 2 aromatic carbocycles. The topological polar surface area (TPSA) is 0 Å². The van der Waals surface area contributed by atoms with Crippen molar-refractivity contribution in [2.45, 2.75) is 32.6 Å². The second-order valence-electron chi connectivity index (χ2n) is 5.44. The lowest BCUT2D eigenvalue weighted by molar-refractivity contribution is 0.487. The highest BCUT2D eigenvalue weighted by molar-refractivity contribution is 5.49. The van der Waals surface area contributed by atoms with Gasteiger partial charge in [-0.2, -0.15) is 0 Å². The molecule has 3 rings (SSSR count). The van der Waals surface area contributed by atoms with Gasteiger partial charge in [0.25, 0.3) is 0 Å². The zero-order valence-electron chi connectivity index (χ0n) is 11.2. The van der Waals surface area contributed by atoms with Crippen LogP contribution in [0.15, 0.2) is 48.5 Å². The monoisotopic (exact) mass is 236 g/mol. The Kier molecular flexibility index (Phi) is 2.95. The van der Waals surface area contributed by atoms with Crippen LogP contribution in [0.25, 0.3) is 0 Å². The zero-order valence-corrected chi connectivity index (χ0v) is 11.2. The lowest BCUT2D eigenvalue weighted by Gasteiger charge is -2.32. The van der Waals surface area contributed by atoms with Gasteiger partial charge in [0.05, 0.1) is 0 Å². The molecule has 1 unspecified atom stereocenters. The SMILES string of the molecule is CCC(C)C1c2ccccc2Cc2ccccc21. The predicted octanol–water partition coefficient (Wildman–Crippen LogP) is 4.77. The predicted molar refractivity (Wildman–Crippen MR) is 77.0 cm³/mol. The average Bonchev–Trinajstić information content (AvgIpc) is 2.44. The average molecular weight is 236 g/mol. The Balaban J connectivity index is 2.17. The Morgan fingerprint density at radius 1 is 0.944 bits per heavy atom. The van der Waals surface area contributed by atoms with E-state index in [-0.39, 0.29) is 0 Å². The molecule has 18 heavy (non-hydrogen) atoms. The molecule has 0 radical (unpaired) electrons. The lowest BCUT2D eigenvalue weighted by Crippen LogP contribution is -2.19. The molecule has 0 saturated heterocycles. The van der Waals surface area contributed by atoms with Crippen LogP contribution < -0.4 is 0 Å². The van der Waals surface area contributed by atoms with Crippen LogP contribution in [0.5, 0.6) is 0 Å². The standard InChI is InChI=1S/C18H20/c1-3-13(2)18-16-10-6-4-8-14(16)12-15-9-5-7-11-17(15)18/h4-11,13,18H,3,12H2,1-2H3. The molecule has 92 valence electrons. The van der Waals surface area contributed by atoms with Gasteiger partial charge in [-0.15, -0.1) is 0 Å². The molecule has 0 heteroatoms. The highest BCUT2D eigenvalue weighted by Gasteiger charge is 2.28. The number of hydrogen-bond donors (Lipinski definition) is 0. The summed E-state index contributed by atoms with van der Waals surface area (Å²) in [5.41, 5.74) is 6.12. The van der Waals surface area contributed by atoms with Gasteiger partial charge in [0.1, 0.15) is 0 Å². The minimum absolute atomic E-state index is 0.580. The van der Waals surface area contributed by atoms with Crippen LogP contribution in [0.2, 0.25) is 0 Å². The first kappa shape index (κ1) is 11.5. The van der Waals surface area contributed by atoms with Gasteiger partial charge in [-0.05, 0) is 34.6 Å². The molecule has 0 spiro atoms. The van der Waals surface area contributed by atoms with E-state index in [1.807, 2.05) is 0 Å². The Bertz CT molecular complexity index is 508. The molecule has 0 aromatic heterocycles. The van der Waals surface area contributed by atoms with E-state index in [4.69, 9.17) is 0 Å². The summed E-state index contributed by atoms with van der Waals surface area (Å²) in [5.74, 6) is 1.28. The first-order chi connectivity index (χ1) is 8.81. The molecule has 1 atom stereocenters. The largest absolute Gasteiger partial charge is 0.0651 e. The fourth-order valence-corrected chi connectivity index (χ4v) is 3.22. The Morgan fingerprint density at radius 3 is 1.94 bits per heavy atom. The van der Waals surface area contributed by atoms with Crippen LogP contribution in [0, 0.1) is 5.92 Å². The number of hydrogen-bond acceptors (Lipinski definition) is 0. The van der Waals surface area contributed by atoms with Crippen molar-refractivity contribution in [2.24, 2.45) is 5.92 Å². The summed E-state index contributed by atoms with van der Waals surface area (Å²) in [6.45, 7) is 4.67. The molecule has 0 amide bonds. The van der Waals surface area contributed by atoms with E-state index in [1.54, 1.807) is 11.1 Å². The maximum Gasteiger partial charge on any atom is 0.0121 e. The van der Waals surface area contributed by atoms with Gasteiger partial charge >= 0.3 is 0 Å². The van der Waals surface area contributed by atoms with Gasteiger partial charge in [-0.1, -0.05) is 68.8 Å². The molecule has 2 aromatic rings. The van der Waals surface area contributed by atoms with Crippen LogP contribution in [-0.2, 0) is 6.42 Å². The maximum atomic E-state index is 2.38. The van der Waals surface area contributed by atoms with Gasteiger partial charge in [-0.3, -0.25) is 0 Å².